The summed E-state index contributed by atoms with van der Waals surface area (Å²) in [6, 6.07) is 45.2. The lowest BCUT2D eigenvalue weighted by molar-refractivity contribution is 0.590. The minimum absolute atomic E-state index is 0.00234. The van der Waals surface area contributed by atoms with Crippen LogP contribution in [0.2, 0.25) is 0 Å². The van der Waals surface area contributed by atoms with E-state index in [1.807, 2.05) is 11.3 Å². The highest BCUT2D eigenvalue weighted by Crippen LogP contribution is 2.51. The number of anilines is 3. The van der Waals surface area contributed by atoms with E-state index in [4.69, 9.17) is 4.42 Å². The van der Waals surface area contributed by atoms with Gasteiger partial charge in [-0.05, 0) is 86.5 Å². The van der Waals surface area contributed by atoms with Crippen molar-refractivity contribution in [2.24, 2.45) is 0 Å². The van der Waals surface area contributed by atoms with Crippen LogP contribution in [0, 0.1) is 0 Å². The van der Waals surface area contributed by atoms with Crippen molar-refractivity contribution in [3.63, 3.8) is 0 Å². The molecule has 0 unspecified atom stereocenters. The van der Waals surface area contributed by atoms with Crippen LogP contribution in [-0.4, -0.2) is 11.3 Å². The number of nitrogens with zero attached hydrogens (tertiary/aromatic N) is 2. The first-order chi connectivity index (χ1) is 25.6. The van der Waals surface area contributed by atoms with Crippen LogP contribution in [0.4, 0.5) is 17.1 Å². The van der Waals surface area contributed by atoms with Crippen LogP contribution in [0.5, 0.6) is 0 Å². The molecule has 5 heterocycles. The number of para-hydroxylation sites is 1. The van der Waals surface area contributed by atoms with E-state index in [0.29, 0.717) is 0 Å². The minimum Gasteiger partial charge on any atom is -0.455 e. The molecular weight excluding hydrogens is 663 g/mol. The van der Waals surface area contributed by atoms with E-state index in [1.54, 1.807) is 0 Å². The van der Waals surface area contributed by atoms with Gasteiger partial charge in [0.25, 0.3) is 0 Å². The first kappa shape index (κ1) is 31.1. The third kappa shape index (κ3) is 4.29. The largest absolute Gasteiger partial charge is 0.455 e. The van der Waals surface area contributed by atoms with E-state index in [9.17, 15) is 0 Å². The van der Waals surface area contributed by atoms with E-state index in [2.05, 4.69) is 178 Å². The molecule has 0 bridgehead atoms. The molecule has 0 atom stereocenters. The zero-order valence-corrected chi connectivity index (χ0v) is 31.7. The highest BCUT2D eigenvalue weighted by molar-refractivity contribution is 7.17. The van der Waals surface area contributed by atoms with Gasteiger partial charge in [-0.15, -0.1) is 11.3 Å². The SMILES string of the molecule is CC(C)(C)c1ccc(N2c3ccc(C(C)(C)C)cc3B3c4c2csc4-c2cc4c5ccccc5oc4c4c5cc(-c6ccccc6)ccc5n3c24)cc1. The number of aromatic nitrogens is 1. The van der Waals surface area contributed by atoms with Gasteiger partial charge in [-0.25, -0.2) is 0 Å². The molecule has 3 nitrogen and oxygen atoms in total. The summed E-state index contributed by atoms with van der Waals surface area (Å²) in [5.41, 5.74) is 17.3. The quantitative estimate of drug-likeness (QED) is 0.167. The van der Waals surface area contributed by atoms with Gasteiger partial charge in [0.2, 0.25) is 0 Å². The summed E-state index contributed by atoms with van der Waals surface area (Å²) in [6.07, 6.45) is 0. The summed E-state index contributed by atoms with van der Waals surface area (Å²) in [5, 5.41) is 7.18. The molecule has 0 saturated heterocycles. The number of furan rings is 1. The first-order valence-corrected chi connectivity index (χ1v) is 19.6. The average molecular weight is 703 g/mol. The molecular formula is C48H39BN2OS. The Hall–Kier alpha value is -5.52. The monoisotopic (exact) mass is 702 g/mol. The molecule has 256 valence electrons. The molecule has 53 heavy (non-hydrogen) atoms. The maximum Gasteiger partial charge on any atom is 0.333 e. The number of hydrogen-bond acceptors (Lipinski definition) is 3. The third-order valence-corrected chi connectivity index (χ3v) is 12.8. The van der Waals surface area contributed by atoms with Gasteiger partial charge in [0.05, 0.1) is 16.6 Å². The van der Waals surface area contributed by atoms with Gasteiger partial charge in [0.15, 0.2) is 0 Å². The van der Waals surface area contributed by atoms with Crippen molar-refractivity contribution in [2.75, 3.05) is 4.90 Å². The van der Waals surface area contributed by atoms with E-state index in [-0.39, 0.29) is 17.7 Å². The number of thiophene rings is 1. The van der Waals surface area contributed by atoms with Gasteiger partial charge in [-0.1, -0.05) is 120 Å². The number of benzene rings is 6. The van der Waals surface area contributed by atoms with Crippen LogP contribution in [0.1, 0.15) is 52.7 Å². The zero-order valence-electron chi connectivity index (χ0n) is 30.9. The molecule has 11 rings (SSSR count). The van der Waals surface area contributed by atoms with Gasteiger partial charge in [-0.3, -0.25) is 0 Å². The molecule has 0 fully saturated rings. The Bertz CT molecular complexity index is 2970. The fraction of sp³-hybridized carbons (Fsp3) is 0.167. The first-order valence-electron chi connectivity index (χ1n) is 18.7. The molecule has 2 aliphatic heterocycles. The standard InChI is InChI=1S/C48H39BN2OS/c1-47(2,3)30-17-20-32(21-18-30)50-39-23-19-31(48(4,5)6)25-37(39)49-43-40(50)27-53-46(43)36-26-34-33-14-10-11-15-41(33)52-45(34)42-35-24-29(28-12-8-7-9-13-28)16-22-38(35)51(49)44(36)42/h7-27H,1-6H3. The van der Waals surface area contributed by atoms with E-state index in [1.165, 1.54) is 87.9 Å². The van der Waals surface area contributed by atoms with Crippen LogP contribution < -0.4 is 15.8 Å². The highest BCUT2D eigenvalue weighted by atomic mass is 32.1. The lowest BCUT2D eigenvalue weighted by Gasteiger charge is -2.39. The predicted octanol–water partition coefficient (Wildman–Crippen LogP) is 12.4. The van der Waals surface area contributed by atoms with Crippen molar-refractivity contribution in [3.8, 4) is 21.6 Å². The summed E-state index contributed by atoms with van der Waals surface area (Å²) in [6.45, 7) is 13.8. The van der Waals surface area contributed by atoms with Crippen molar-refractivity contribution < 1.29 is 4.42 Å². The van der Waals surface area contributed by atoms with Crippen molar-refractivity contribution in [2.45, 2.75) is 52.4 Å². The maximum absolute atomic E-state index is 6.86. The summed E-state index contributed by atoms with van der Waals surface area (Å²) < 4.78 is 9.51. The van der Waals surface area contributed by atoms with Crippen molar-refractivity contribution in [3.05, 3.63) is 138 Å². The summed E-state index contributed by atoms with van der Waals surface area (Å²) in [4.78, 5) is 3.87. The summed E-state index contributed by atoms with van der Waals surface area (Å²) >= 11 is 1.88. The van der Waals surface area contributed by atoms with E-state index in [0.717, 1.165) is 16.6 Å². The van der Waals surface area contributed by atoms with Gasteiger partial charge >= 0.3 is 6.85 Å². The molecule has 0 radical (unpaired) electrons. The zero-order chi connectivity index (χ0) is 36.0. The summed E-state index contributed by atoms with van der Waals surface area (Å²) in [5.74, 6) is 0. The van der Waals surface area contributed by atoms with E-state index < -0.39 is 0 Å². The predicted molar refractivity (Wildman–Crippen MR) is 228 cm³/mol. The Labute approximate surface area is 314 Å². The molecule has 5 heteroatoms. The van der Waals surface area contributed by atoms with Crippen molar-refractivity contribution in [1.82, 2.24) is 4.48 Å². The molecule has 6 aromatic carbocycles. The smallest absolute Gasteiger partial charge is 0.333 e. The number of hydrogen-bond donors (Lipinski definition) is 0. The topological polar surface area (TPSA) is 21.3 Å². The van der Waals surface area contributed by atoms with Gasteiger partial charge in [0.1, 0.15) is 11.2 Å². The Morgan fingerprint density at radius 3 is 2.13 bits per heavy atom. The van der Waals surface area contributed by atoms with Gasteiger partial charge in [0, 0.05) is 48.9 Å². The lowest BCUT2D eigenvalue weighted by Crippen LogP contribution is -2.56. The van der Waals surface area contributed by atoms with Crippen LogP contribution in [0.15, 0.2) is 131 Å². The second-order valence-corrected chi connectivity index (χ2v) is 17.9. The molecule has 0 spiro atoms. The fourth-order valence-corrected chi connectivity index (χ4v) is 10.1. The second-order valence-electron chi connectivity index (χ2n) is 17.0. The van der Waals surface area contributed by atoms with Crippen LogP contribution in [-0.2, 0) is 10.8 Å². The Morgan fingerprint density at radius 2 is 1.36 bits per heavy atom. The van der Waals surface area contributed by atoms with Crippen LogP contribution >= 0.6 is 11.3 Å². The van der Waals surface area contributed by atoms with Crippen molar-refractivity contribution in [1.29, 1.82) is 0 Å². The third-order valence-electron chi connectivity index (χ3n) is 11.8. The normalized spacial score (nSPS) is 13.8. The Kier molecular flexibility index (Phi) is 6.18. The molecule has 0 amide bonds. The Balaban J connectivity index is 1.28. The molecule has 3 aromatic heterocycles. The van der Waals surface area contributed by atoms with Gasteiger partial charge < -0.3 is 13.8 Å². The molecule has 0 saturated carbocycles. The molecule has 2 aliphatic rings. The highest BCUT2D eigenvalue weighted by Gasteiger charge is 2.45. The van der Waals surface area contributed by atoms with Crippen LogP contribution in [0.25, 0.3) is 65.3 Å². The molecule has 0 N–H and O–H groups in total. The average Bonchev–Trinajstić information content (AvgIpc) is 3.85. The number of rotatable bonds is 2. The van der Waals surface area contributed by atoms with Crippen LogP contribution in [0.3, 0.4) is 0 Å². The molecule has 0 aliphatic carbocycles. The second kappa shape index (κ2) is 10.5. The maximum atomic E-state index is 6.86. The van der Waals surface area contributed by atoms with Gasteiger partial charge in [-0.2, -0.15) is 0 Å². The number of fused-ring (bicyclic) bond motifs is 11. The minimum atomic E-state index is -0.00234. The lowest BCUT2D eigenvalue weighted by atomic mass is 9.46. The van der Waals surface area contributed by atoms with E-state index >= 15 is 0 Å². The summed E-state index contributed by atoms with van der Waals surface area (Å²) in [7, 11) is 0. The van der Waals surface area contributed by atoms with Crippen molar-refractivity contribution >= 4 is 89.9 Å². The fourth-order valence-electron chi connectivity index (χ4n) is 9.06. The Morgan fingerprint density at radius 1 is 0.623 bits per heavy atom. The molecule has 9 aromatic rings.